The molecule has 1 aromatic carbocycles. The molecule has 1 heterocycles. The van der Waals surface area contributed by atoms with Crippen molar-refractivity contribution in [3.05, 3.63) is 23.8 Å². The van der Waals surface area contributed by atoms with Crippen molar-refractivity contribution in [1.29, 1.82) is 0 Å². The summed E-state index contributed by atoms with van der Waals surface area (Å²) in [5.74, 6) is 0.246. The topological polar surface area (TPSA) is 66.8 Å². The van der Waals surface area contributed by atoms with Crippen LogP contribution in [0.3, 0.4) is 0 Å². The van der Waals surface area contributed by atoms with Crippen LogP contribution in [0.25, 0.3) is 0 Å². The molecule has 2 rings (SSSR count). The van der Waals surface area contributed by atoms with Gasteiger partial charge in [0.2, 0.25) is 0 Å². The van der Waals surface area contributed by atoms with Gasteiger partial charge in [-0.05, 0) is 37.5 Å². The third-order valence-electron chi connectivity index (χ3n) is 3.80. The van der Waals surface area contributed by atoms with E-state index in [1.807, 2.05) is 13.8 Å². The van der Waals surface area contributed by atoms with E-state index in [4.69, 9.17) is 21.4 Å². The van der Waals surface area contributed by atoms with E-state index in [9.17, 15) is 9.59 Å². The van der Waals surface area contributed by atoms with E-state index in [1.54, 1.807) is 30.0 Å². The van der Waals surface area contributed by atoms with Gasteiger partial charge in [0.15, 0.2) is 11.9 Å². The van der Waals surface area contributed by atoms with Gasteiger partial charge in [-0.3, -0.25) is 9.59 Å². The number of carbonyl (C=O) groups excluding carboxylic acids is 2. The number of aliphatic hydroxyl groups is 1. The number of hydrogen-bond acceptors (Lipinski definition) is 4. The highest BCUT2D eigenvalue weighted by Crippen LogP contribution is 2.37. The lowest BCUT2D eigenvalue weighted by atomic mass is 10.0. The maximum absolute atomic E-state index is 12.7. The van der Waals surface area contributed by atoms with Crippen LogP contribution in [0.1, 0.15) is 37.6 Å². The average Bonchev–Trinajstić information content (AvgIpc) is 2.52. The van der Waals surface area contributed by atoms with E-state index in [-0.39, 0.29) is 24.2 Å². The second kappa shape index (κ2) is 7.32. The molecule has 1 amide bonds. The second-order valence-corrected chi connectivity index (χ2v) is 6.67. The lowest BCUT2D eigenvalue weighted by Crippen LogP contribution is -2.48. The number of benzene rings is 1. The van der Waals surface area contributed by atoms with Crippen molar-refractivity contribution in [2.24, 2.45) is 5.92 Å². The predicted molar refractivity (Wildman–Crippen MR) is 89.4 cm³/mol. The number of fused-ring (bicyclic) bond motifs is 1. The summed E-state index contributed by atoms with van der Waals surface area (Å²) in [7, 11) is 0. The monoisotopic (exact) mass is 339 g/mol. The largest absolute Gasteiger partial charge is 0.478 e. The number of halogens is 1. The Labute approximate surface area is 141 Å². The number of rotatable bonds is 6. The van der Waals surface area contributed by atoms with Crippen LogP contribution in [-0.4, -0.2) is 41.4 Å². The van der Waals surface area contributed by atoms with Crippen LogP contribution in [0.4, 0.5) is 5.69 Å². The van der Waals surface area contributed by atoms with Gasteiger partial charge in [-0.1, -0.05) is 13.8 Å². The first-order valence-corrected chi connectivity index (χ1v) is 8.21. The van der Waals surface area contributed by atoms with E-state index in [0.717, 1.165) is 0 Å². The van der Waals surface area contributed by atoms with E-state index in [2.05, 4.69) is 0 Å². The van der Waals surface area contributed by atoms with Crippen molar-refractivity contribution in [3.8, 4) is 5.75 Å². The molecule has 23 heavy (non-hydrogen) atoms. The molecule has 0 bridgehead atoms. The number of aliphatic hydroxyl groups excluding tert-OH is 1. The molecule has 0 radical (unpaired) electrons. The van der Waals surface area contributed by atoms with E-state index in [1.165, 1.54) is 0 Å². The Hall–Kier alpha value is -1.59. The minimum atomic E-state index is -0.637. The highest BCUT2D eigenvalue weighted by Gasteiger charge is 2.36. The van der Waals surface area contributed by atoms with Gasteiger partial charge in [0.1, 0.15) is 5.75 Å². The van der Waals surface area contributed by atoms with Crippen LogP contribution < -0.4 is 9.64 Å². The normalized spacial score (nSPS) is 18.6. The summed E-state index contributed by atoms with van der Waals surface area (Å²) in [6.07, 6.45) is -0.102. The average molecular weight is 340 g/mol. The molecular formula is C17H22ClNO4. The fourth-order valence-corrected chi connectivity index (χ4v) is 2.68. The number of nitrogens with zero attached hydrogens (tertiary/aromatic N) is 1. The SMILES string of the molecule is CC(Cl)C(=O)c1ccc2c(c1)N(CCCO)C(=O)C(C(C)C)O2. The Morgan fingerprint density at radius 2 is 2.09 bits per heavy atom. The first-order chi connectivity index (χ1) is 10.9. The molecule has 0 aromatic heterocycles. The summed E-state index contributed by atoms with van der Waals surface area (Å²) >= 11 is 5.86. The van der Waals surface area contributed by atoms with Gasteiger partial charge >= 0.3 is 0 Å². The van der Waals surface area contributed by atoms with E-state index < -0.39 is 11.5 Å². The fraction of sp³-hybridized carbons (Fsp3) is 0.529. The highest BCUT2D eigenvalue weighted by molar-refractivity contribution is 6.33. The lowest BCUT2D eigenvalue weighted by Gasteiger charge is -2.36. The number of anilines is 1. The van der Waals surface area contributed by atoms with Crippen molar-refractivity contribution in [2.45, 2.75) is 38.7 Å². The summed E-state index contributed by atoms with van der Waals surface area (Å²) in [6.45, 7) is 5.83. The third-order valence-corrected chi connectivity index (χ3v) is 4.00. The molecule has 1 aliphatic heterocycles. The Kier molecular flexibility index (Phi) is 5.65. The number of amides is 1. The molecule has 1 aromatic rings. The molecule has 0 saturated heterocycles. The quantitative estimate of drug-likeness (QED) is 0.639. The van der Waals surface area contributed by atoms with Crippen molar-refractivity contribution in [1.82, 2.24) is 0 Å². The van der Waals surface area contributed by atoms with Crippen LogP contribution >= 0.6 is 11.6 Å². The Bertz CT molecular complexity index is 600. The minimum Gasteiger partial charge on any atom is -0.478 e. The Morgan fingerprint density at radius 3 is 2.65 bits per heavy atom. The molecule has 0 aliphatic carbocycles. The number of alkyl halides is 1. The van der Waals surface area contributed by atoms with Gasteiger partial charge < -0.3 is 14.7 Å². The van der Waals surface area contributed by atoms with Gasteiger partial charge in [0.05, 0.1) is 11.1 Å². The molecule has 1 aliphatic rings. The highest BCUT2D eigenvalue weighted by atomic mass is 35.5. The van der Waals surface area contributed by atoms with Crippen LogP contribution in [0, 0.1) is 5.92 Å². The van der Waals surface area contributed by atoms with Gasteiger partial charge in [0, 0.05) is 18.7 Å². The molecule has 2 atom stereocenters. The maximum Gasteiger partial charge on any atom is 0.268 e. The molecule has 0 saturated carbocycles. The minimum absolute atomic E-state index is 0.0103. The Morgan fingerprint density at radius 1 is 1.39 bits per heavy atom. The number of Topliss-reactive ketones (excluding diaryl/α,β-unsaturated/α-hetero) is 1. The van der Waals surface area contributed by atoms with E-state index in [0.29, 0.717) is 30.0 Å². The number of ketones is 1. The number of hydrogen-bond donors (Lipinski definition) is 1. The summed E-state index contributed by atoms with van der Waals surface area (Å²) in [4.78, 5) is 26.3. The van der Waals surface area contributed by atoms with Crippen molar-refractivity contribution in [2.75, 3.05) is 18.1 Å². The van der Waals surface area contributed by atoms with Gasteiger partial charge in [0.25, 0.3) is 5.91 Å². The molecular weight excluding hydrogens is 318 g/mol. The Balaban J connectivity index is 2.43. The third kappa shape index (κ3) is 3.67. The van der Waals surface area contributed by atoms with Crippen LogP contribution in [0.5, 0.6) is 5.75 Å². The van der Waals surface area contributed by atoms with Crippen molar-refractivity contribution in [3.63, 3.8) is 0 Å². The zero-order valence-electron chi connectivity index (χ0n) is 13.6. The summed E-state index contributed by atoms with van der Waals surface area (Å²) in [6, 6.07) is 5.01. The standard InChI is InChI=1S/C17H22ClNO4/c1-10(2)16-17(22)19(7-4-8-20)13-9-12(15(21)11(3)18)5-6-14(13)23-16/h5-6,9-11,16,20H,4,7-8H2,1-3H3. The van der Waals surface area contributed by atoms with Gasteiger partial charge in [-0.15, -0.1) is 11.6 Å². The number of carbonyl (C=O) groups is 2. The van der Waals surface area contributed by atoms with Gasteiger partial charge in [-0.2, -0.15) is 0 Å². The smallest absolute Gasteiger partial charge is 0.268 e. The van der Waals surface area contributed by atoms with Crippen LogP contribution in [0.15, 0.2) is 18.2 Å². The molecule has 5 nitrogen and oxygen atoms in total. The first-order valence-electron chi connectivity index (χ1n) is 7.78. The second-order valence-electron chi connectivity index (χ2n) is 6.01. The molecule has 126 valence electrons. The maximum atomic E-state index is 12.7. The van der Waals surface area contributed by atoms with Gasteiger partial charge in [-0.25, -0.2) is 0 Å². The van der Waals surface area contributed by atoms with Crippen molar-refractivity contribution >= 4 is 29.0 Å². The molecule has 2 unspecified atom stereocenters. The van der Waals surface area contributed by atoms with E-state index >= 15 is 0 Å². The van der Waals surface area contributed by atoms with Crippen molar-refractivity contribution < 1.29 is 19.4 Å². The fourth-order valence-electron chi connectivity index (χ4n) is 2.55. The summed E-state index contributed by atoms with van der Waals surface area (Å²) in [5, 5.41) is 8.44. The van der Waals surface area contributed by atoms with Crippen LogP contribution in [0.2, 0.25) is 0 Å². The number of ether oxygens (including phenoxy) is 1. The zero-order valence-corrected chi connectivity index (χ0v) is 14.3. The molecule has 0 fully saturated rings. The zero-order chi connectivity index (χ0) is 17.1. The lowest BCUT2D eigenvalue weighted by molar-refractivity contribution is -0.128. The predicted octanol–water partition coefficient (Wildman–Crippen LogP) is 2.63. The molecule has 0 spiro atoms. The molecule has 1 N–H and O–H groups in total. The summed E-state index contributed by atoms with van der Waals surface area (Å²) < 4.78 is 5.81. The van der Waals surface area contributed by atoms with Crippen LogP contribution in [-0.2, 0) is 4.79 Å². The molecule has 6 heteroatoms. The first kappa shape index (κ1) is 17.8. The summed E-state index contributed by atoms with van der Waals surface area (Å²) in [5.41, 5.74) is 1.00.